The molecular weight excluding hydrogens is 364 g/mol. The van der Waals surface area contributed by atoms with Crippen molar-refractivity contribution in [2.75, 3.05) is 31.2 Å². The summed E-state index contributed by atoms with van der Waals surface area (Å²) in [6, 6.07) is 22.2. The first-order valence-electron chi connectivity index (χ1n) is 10.0. The van der Waals surface area contributed by atoms with Crippen LogP contribution in [0.5, 0.6) is 5.75 Å². The summed E-state index contributed by atoms with van der Waals surface area (Å²) in [5.74, 6) is 0.593. The summed E-state index contributed by atoms with van der Waals surface area (Å²) in [4.78, 5) is 14.8. The average Bonchev–Trinajstić information content (AvgIpc) is 2.78. The van der Waals surface area contributed by atoms with Crippen LogP contribution in [-0.4, -0.2) is 38.3 Å². The first-order valence-corrected chi connectivity index (χ1v) is 10.0. The van der Waals surface area contributed by atoms with E-state index in [9.17, 15) is 4.79 Å². The topological polar surface area (TPSA) is 50.8 Å². The highest BCUT2D eigenvalue weighted by molar-refractivity contribution is 5.89. The minimum absolute atomic E-state index is 0.129. The fourth-order valence-corrected chi connectivity index (χ4v) is 3.52. The lowest BCUT2D eigenvalue weighted by molar-refractivity contribution is -0.127. The molecule has 0 bridgehead atoms. The van der Waals surface area contributed by atoms with Gasteiger partial charge in [-0.15, -0.1) is 0 Å². The highest BCUT2D eigenvalue weighted by Gasteiger charge is 2.16. The minimum atomic E-state index is -0.576. The zero-order valence-electron chi connectivity index (χ0n) is 16.6. The molecule has 1 heterocycles. The summed E-state index contributed by atoms with van der Waals surface area (Å²) in [5, 5.41) is 5.07. The number of morpholine rings is 1. The molecule has 150 valence electrons. The van der Waals surface area contributed by atoms with Gasteiger partial charge in [-0.1, -0.05) is 48.5 Å². The molecule has 29 heavy (non-hydrogen) atoms. The molecule has 1 amide bonds. The molecule has 5 heteroatoms. The van der Waals surface area contributed by atoms with Crippen LogP contribution in [0.3, 0.4) is 0 Å². The number of fused-ring (bicyclic) bond motifs is 1. The molecule has 0 aliphatic carbocycles. The fourth-order valence-electron chi connectivity index (χ4n) is 3.52. The smallest absolute Gasteiger partial charge is 0.261 e. The lowest BCUT2D eigenvalue weighted by Crippen LogP contribution is -2.36. The molecule has 1 fully saturated rings. The standard InChI is InChI=1S/C24H26N2O3/c1-18(29-23-8-4-6-20-5-2-3-7-22(20)23)24(27)25-17-19-9-11-21(12-10-19)26-13-15-28-16-14-26/h2-12,18H,13-17H2,1H3,(H,25,27). The maximum atomic E-state index is 12.5. The summed E-state index contributed by atoms with van der Waals surface area (Å²) in [5.41, 5.74) is 2.25. The average molecular weight is 390 g/mol. The maximum Gasteiger partial charge on any atom is 0.261 e. The predicted molar refractivity (Wildman–Crippen MR) is 115 cm³/mol. The third-order valence-corrected chi connectivity index (χ3v) is 5.20. The van der Waals surface area contributed by atoms with Crippen LogP contribution >= 0.6 is 0 Å². The Morgan fingerprint density at radius 2 is 1.76 bits per heavy atom. The first-order chi connectivity index (χ1) is 14.2. The molecule has 1 aliphatic rings. The predicted octanol–water partition coefficient (Wildman–Crippen LogP) is 3.76. The number of ether oxygens (including phenoxy) is 2. The molecule has 1 aliphatic heterocycles. The van der Waals surface area contributed by atoms with Gasteiger partial charge < -0.3 is 19.7 Å². The van der Waals surface area contributed by atoms with Gasteiger partial charge in [0.25, 0.3) is 5.91 Å². The Balaban J connectivity index is 1.33. The quantitative estimate of drug-likeness (QED) is 0.696. The third kappa shape index (κ3) is 4.69. The van der Waals surface area contributed by atoms with Gasteiger partial charge >= 0.3 is 0 Å². The summed E-state index contributed by atoms with van der Waals surface area (Å²) in [7, 11) is 0. The van der Waals surface area contributed by atoms with Gasteiger partial charge in [-0.3, -0.25) is 4.79 Å². The van der Waals surface area contributed by atoms with Gasteiger partial charge in [0.15, 0.2) is 6.10 Å². The van der Waals surface area contributed by atoms with Crippen molar-refractivity contribution in [1.29, 1.82) is 0 Å². The van der Waals surface area contributed by atoms with Crippen molar-refractivity contribution in [3.63, 3.8) is 0 Å². The molecule has 1 N–H and O–H groups in total. The Morgan fingerprint density at radius 1 is 1.03 bits per heavy atom. The van der Waals surface area contributed by atoms with Crippen molar-refractivity contribution in [3.8, 4) is 5.75 Å². The number of carbonyl (C=O) groups is 1. The molecule has 1 saturated heterocycles. The Labute approximate surface area is 171 Å². The van der Waals surface area contributed by atoms with Gasteiger partial charge in [-0.2, -0.15) is 0 Å². The number of nitrogens with one attached hydrogen (secondary N) is 1. The van der Waals surface area contributed by atoms with Gasteiger partial charge in [-0.25, -0.2) is 0 Å². The number of hydrogen-bond acceptors (Lipinski definition) is 4. The van der Waals surface area contributed by atoms with Crippen LogP contribution in [0.15, 0.2) is 66.7 Å². The minimum Gasteiger partial charge on any atom is -0.480 e. The number of hydrogen-bond donors (Lipinski definition) is 1. The number of anilines is 1. The molecule has 4 rings (SSSR count). The summed E-state index contributed by atoms with van der Waals surface area (Å²) in [6.45, 7) is 5.63. The zero-order chi connectivity index (χ0) is 20.1. The summed E-state index contributed by atoms with van der Waals surface area (Å²) < 4.78 is 11.3. The molecule has 0 spiro atoms. The number of nitrogens with zero attached hydrogens (tertiary/aromatic N) is 1. The summed E-state index contributed by atoms with van der Waals surface area (Å²) in [6.07, 6.45) is -0.576. The molecule has 0 saturated carbocycles. The van der Waals surface area contributed by atoms with E-state index in [4.69, 9.17) is 9.47 Å². The Hall–Kier alpha value is -3.05. The lowest BCUT2D eigenvalue weighted by Gasteiger charge is -2.28. The number of carbonyl (C=O) groups excluding carboxylic acids is 1. The number of rotatable bonds is 6. The van der Waals surface area contributed by atoms with Gasteiger partial charge in [-0.05, 0) is 36.1 Å². The second kappa shape index (κ2) is 8.97. The third-order valence-electron chi connectivity index (χ3n) is 5.20. The van der Waals surface area contributed by atoms with Crippen LogP contribution in [0.1, 0.15) is 12.5 Å². The fraction of sp³-hybridized carbons (Fsp3) is 0.292. The van der Waals surface area contributed by atoms with Crippen molar-refractivity contribution in [1.82, 2.24) is 5.32 Å². The molecule has 5 nitrogen and oxygen atoms in total. The first kappa shape index (κ1) is 19.3. The van der Waals surface area contributed by atoms with E-state index in [1.165, 1.54) is 5.69 Å². The highest BCUT2D eigenvalue weighted by atomic mass is 16.5. The van der Waals surface area contributed by atoms with Crippen LogP contribution in [0.25, 0.3) is 10.8 Å². The molecule has 1 unspecified atom stereocenters. The van der Waals surface area contributed by atoms with Gasteiger partial charge in [0.05, 0.1) is 13.2 Å². The van der Waals surface area contributed by atoms with Crippen LogP contribution in [0, 0.1) is 0 Å². The van der Waals surface area contributed by atoms with E-state index in [0.29, 0.717) is 6.54 Å². The van der Waals surface area contributed by atoms with Crippen LogP contribution in [0.2, 0.25) is 0 Å². The van der Waals surface area contributed by atoms with Gasteiger partial charge in [0.2, 0.25) is 0 Å². The Kier molecular flexibility index (Phi) is 5.96. The second-order valence-corrected chi connectivity index (χ2v) is 7.22. The van der Waals surface area contributed by atoms with Crippen molar-refractivity contribution in [2.24, 2.45) is 0 Å². The van der Waals surface area contributed by atoms with Crippen LogP contribution in [0.4, 0.5) is 5.69 Å². The molecule has 3 aromatic carbocycles. The van der Waals surface area contributed by atoms with Gasteiger partial charge in [0.1, 0.15) is 5.75 Å². The monoisotopic (exact) mass is 390 g/mol. The molecule has 0 radical (unpaired) electrons. The highest BCUT2D eigenvalue weighted by Crippen LogP contribution is 2.26. The molecular formula is C24H26N2O3. The van der Waals surface area contributed by atoms with E-state index in [1.54, 1.807) is 6.92 Å². The lowest BCUT2D eigenvalue weighted by atomic mass is 10.1. The van der Waals surface area contributed by atoms with Crippen LogP contribution in [-0.2, 0) is 16.1 Å². The van der Waals surface area contributed by atoms with Crippen molar-refractivity contribution >= 4 is 22.4 Å². The maximum absolute atomic E-state index is 12.5. The number of benzene rings is 3. The molecule has 1 atom stereocenters. The van der Waals surface area contributed by atoms with Gasteiger partial charge in [0, 0.05) is 30.7 Å². The van der Waals surface area contributed by atoms with Crippen molar-refractivity contribution in [3.05, 3.63) is 72.3 Å². The second-order valence-electron chi connectivity index (χ2n) is 7.22. The van der Waals surface area contributed by atoms with E-state index in [2.05, 4.69) is 34.5 Å². The van der Waals surface area contributed by atoms with Crippen molar-refractivity contribution in [2.45, 2.75) is 19.6 Å². The van der Waals surface area contributed by atoms with Crippen LogP contribution < -0.4 is 15.0 Å². The normalized spacial score (nSPS) is 15.1. The summed E-state index contributed by atoms with van der Waals surface area (Å²) >= 11 is 0. The molecule has 3 aromatic rings. The molecule has 0 aromatic heterocycles. The Morgan fingerprint density at radius 3 is 2.55 bits per heavy atom. The largest absolute Gasteiger partial charge is 0.480 e. The van der Waals surface area contributed by atoms with E-state index in [0.717, 1.165) is 48.4 Å². The zero-order valence-corrected chi connectivity index (χ0v) is 16.6. The van der Waals surface area contributed by atoms with E-state index >= 15 is 0 Å². The Bertz CT molecular complexity index is 960. The SMILES string of the molecule is CC(Oc1cccc2ccccc12)C(=O)NCc1ccc(N2CCOCC2)cc1. The number of amides is 1. The van der Waals surface area contributed by atoms with E-state index < -0.39 is 6.10 Å². The van der Waals surface area contributed by atoms with Crippen molar-refractivity contribution < 1.29 is 14.3 Å². The van der Waals surface area contributed by atoms with E-state index in [1.807, 2.05) is 42.5 Å². The van der Waals surface area contributed by atoms with E-state index in [-0.39, 0.29) is 5.91 Å².